The summed E-state index contributed by atoms with van der Waals surface area (Å²) < 4.78 is 5.05. The molecule has 1 aromatic carbocycles. The summed E-state index contributed by atoms with van der Waals surface area (Å²) in [6, 6.07) is 16.5. The Morgan fingerprint density at radius 2 is 1.68 bits per heavy atom. The second-order valence-corrected chi connectivity index (χ2v) is 4.48. The third kappa shape index (κ3) is 3.09. The number of carbonyl (C=O) groups is 1. The quantitative estimate of drug-likeness (QED) is 0.593. The fourth-order valence-corrected chi connectivity index (χ4v) is 1.97. The molecule has 0 saturated carbocycles. The number of rotatable bonds is 4. The molecule has 0 saturated heterocycles. The van der Waals surface area contributed by atoms with E-state index in [2.05, 4.69) is 15.5 Å². The minimum Gasteiger partial charge on any atom is -0.459 e. The van der Waals surface area contributed by atoms with Crippen LogP contribution in [0.5, 0.6) is 0 Å². The SMILES string of the molecule is O=C(N/N=C(\c1ccccc1)c1ccncc1)c1ccco1. The summed E-state index contributed by atoms with van der Waals surface area (Å²) in [5, 5.41) is 4.25. The number of aromatic nitrogens is 1. The Morgan fingerprint density at radius 1 is 0.955 bits per heavy atom. The molecule has 108 valence electrons. The van der Waals surface area contributed by atoms with E-state index in [1.807, 2.05) is 42.5 Å². The highest BCUT2D eigenvalue weighted by atomic mass is 16.3. The smallest absolute Gasteiger partial charge is 0.307 e. The molecule has 0 aliphatic rings. The van der Waals surface area contributed by atoms with Crippen LogP contribution in [0.1, 0.15) is 21.7 Å². The first-order valence-electron chi connectivity index (χ1n) is 6.72. The van der Waals surface area contributed by atoms with E-state index < -0.39 is 5.91 Å². The van der Waals surface area contributed by atoms with Crippen LogP contribution in [-0.2, 0) is 0 Å². The minimum atomic E-state index is -0.396. The molecule has 2 aromatic heterocycles. The van der Waals surface area contributed by atoms with Gasteiger partial charge in [0.25, 0.3) is 0 Å². The van der Waals surface area contributed by atoms with Crippen LogP contribution in [-0.4, -0.2) is 16.6 Å². The second kappa shape index (κ2) is 6.49. The van der Waals surface area contributed by atoms with Gasteiger partial charge in [-0.05, 0) is 24.3 Å². The van der Waals surface area contributed by atoms with Crippen LogP contribution >= 0.6 is 0 Å². The maximum Gasteiger partial charge on any atom is 0.307 e. The number of hydrogen-bond acceptors (Lipinski definition) is 4. The van der Waals surface area contributed by atoms with E-state index >= 15 is 0 Å². The number of nitrogens with zero attached hydrogens (tertiary/aromatic N) is 2. The van der Waals surface area contributed by atoms with Crippen molar-refractivity contribution in [3.8, 4) is 0 Å². The van der Waals surface area contributed by atoms with Gasteiger partial charge in [-0.2, -0.15) is 5.10 Å². The molecule has 5 nitrogen and oxygen atoms in total. The number of benzene rings is 1. The van der Waals surface area contributed by atoms with Gasteiger partial charge in [0.2, 0.25) is 0 Å². The Bertz CT molecular complexity index is 725. The van der Waals surface area contributed by atoms with Crippen molar-refractivity contribution in [2.45, 2.75) is 0 Å². The molecular weight excluding hydrogens is 278 g/mol. The molecule has 0 aliphatic heterocycles. The molecule has 0 fully saturated rings. The average Bonchev–Trinajstić information content (AvgIpc) is 3.11. The number of nitrogens with one attached hydrogen (secondary N) is 1. The second-order valence-electron chi connectivity index (χ2n) is 4.48. The van der Waals surface area contributed by atoms with Crippen molar-refractivity contribution in [1.29, 1.82) is 0 Å². The summed E-state index contributed by atoms with van der Waals surface area (Å²) in [5.74, 6) is -0.182. The third-order valence-electron chi connectivity index (χ3n) is 3.02. The zero-order valence-corrected chi connectivity index (χ0v) is 11.6. The van der Waals surface area contributed by atoms with Gasteiger partial charge >= 0.3 is 5.91 Å². The van der Waals surface area contributed by atoms with E-state index in [1.165, 1.54) is 6.26 Å². The van der Waals surface area contributed by atoms with Gasteiger partial charge in [0.15, 0.2) is 5.76 Å². The topological polar surface area (TPSA) is 67.5 Å². The van der Waals surface area contributed by atoms with Gasteiger partial charge in [0.1, 0.15) is 0 Å². The molecule has 0 atom stereocenters. The molecule has 0 radical (unpaired) electrons. The zero-order chi connectivity index (χ0) is 15.2. The molecule has 0 spiro atoms. The van der Waals surface area contributed by atoms with Gasteiger partial charge in [-0.15, -0.1) is 0 Å². The summed E-state index contributed by atoms with van der Waals surface area (Å²) in [7, 11) is 0. The van der Waals surface area contributed by atoms with Crippen LogP contribution in [0.2, 0.25) is 0 Å². The van der Waals surface area contributed by atoms with Gasteiger partial charge in [-0.3, -0.25) is 9.78 Å². The summed E-state index contributed by atoms with van der Waals surface area (Å²) in [6.07, 6.45) is 4.81. The molecule has 5 heteroatoms. The van der Waals surface area contributed by atoms with Crippen LogP contribution in [0, 0.1) is 0 Å². The van der Waals surface area contributed by atoms with Gasteiger partial charge < -0.3 is 4.42 Å². The van der Waals surface area contributed by atoms with E-state index in [0.29, 0.717) is 5.71 Å². The lowest BCUT2D eigenvalue weighted by Gasteiger charge is -2.07. The highest BCUT2D eigenvalue weighted by Gasteiger charge is 2.10. The molecule has 0 unspecified atom stereocenters. The summed E-state index contributed by atoms with van der Waals surface area (Å²) in [6.45, 7) is 0. The van der Waals surface area contributed by atoms with Crippen molar-refractivity contribution in [1.82, 2.24) is 10.4 Å². The zero-order valence-electron chi connectivity index (χ0n) is 11.6. The predicted octanol–water partition coefficient (Wildman–Crippen LogP) is 2.86. The fourth-order valence-electron chi connectivity index (χ4n) is 1.97. The van der Waals surface area contributed by atoms with Crippen LogP contribution in [0.15, 0.2) is 82.8 Å². The van der Waals surface area contributed by atoms with Crippen molar-refractivity contribution in [3.63, 3.8) is 0 Å². The Hall–Kier alpha value is -3.21. The van der Waals surface area contributed by atoms with Gasteiger partial charge in [-0.1, -0.05) is 30.3 Å². The van der Waals surface area contributed by atoms with Crippen molar-refractivity contribution >= 4 is 11.6 Å². The molecule has 3 rings (SSSR count). The van der Waals surface area contributed by atoms with Crippen LogP contribution in [0.3, 0.4) is 0 Å². The standard InChI is InChI=1S/C17H13N3O2/c21-17(15-7-4-12-22-15)20-19-16(13-5-2-1-3-6-13)14-8-10-18-11-9-14/h1-12H,(H,20,21)/b19-16+. The number of pyridine rings is 1. The van der Waals surface area contributed by atoms with Crippen molar-refractivity contribution in [3.05, 3.63) is 90.1 Å². The molecule has 22 heavy (non-hydrogen) atoms. The molecular formula is C17H13N3O2. The molecule has 0 aliphatic carbocycles. The third-order valence-corrected chi connectivity index (χ3v) is 3.02. The van der Waals surface area contributed by atoms with Crippen molar-refractivity contribution < 1.29 is 9.21 Å². The summed E-state index contributed by atoms with van der Waals surface area (Å²) in [4.78, 5) is 15.9. The van der Waals surface area contributed by atoms with Gasteiger partial charge in [-0.25, -0.2) is 5.43 Å². The highest BCUT2D eigenvalue weighted by molar-refractivity contribution is 6.13. The van der Waals surface area contributed by atoms with Crippen LogP contribution in [0.25, 0.3) is 0 Å². The molecule has 1 amide bonds. The molecule has 1 N–H and O–H groups in total. The van der Waals surface area contributed by atoms with E-state index in [9.17, 15) is 4.79 Å². The molecule has 2 heterocycles. The number of carbonyl (C=O) groups excluding carboxylic acids is 1. The number of hydrazone groups is 1. The highest BCUT2D eigenvalue weighted by Crippen LogP contribution is 2.10. The first kappa shape index (κ1) is 13.8. The Labute approximate surface area is 127 Å². The Balaban J connectivity index is 1.92. The predicted molar refractivity (Wildman–Crippen MR) is 82.5 cm³/mol. The van der Waals surface area contributed by atoms with E-state index in [1.54, 1.807) is 24.5 Å². The normalized spacial score (nSPS) is 11.2. The number of amides is 1. The maximum absolute atomic E-state index is 11.9. The number of furan rings is 1. The van der Waals surface area contributed by atoms with Crippen LogP contribution < -0.4 is 5.43 Å². The van der Waals surface area contributed by atoms with E-state index in [-0.39, 0.29) is 5.76 Å². The van der Waals surface area contributed by atoms with E-state index in [4.69, 9.17) is 4.42 Å². The lowest BCUT2D eigenvalue weighted by atomic mass is 10.0. The van der Waals surface area contributed by atoms with E-state index in [0.717, 1.165) is 11.1 Å². The van der Waals surface area contributed by atoms with Crippen molar-refractivity contribution in [2.75, 3.05) is 0 Å². The van der Waals surface area contributed by atoms with Crippen molar-refractivity contribution in [2.24, 2.45) is 5.10 Å². The molecule has 3 aromatic rings. The maximum atomic E-state index is 11.9. The number of hydrogen-bond donors (Lipinski definition) is 1. The minimum absolute atomic E-state index is 0.214. The lowest BCUT2D eigenvalue weighted by Crippen LogP contribution is -2.20. The Morgan fingerprint density at radius 3 is 2.36 bits per heavy atom. The van der Waals surface area contributed by atoms with Gasteiger partial charge in [0.05, 0.1) is 12.0 Å². The average molecular weight is 291 g/mol. The molecule has 0 bridgehead atoms. The summed E-state index contributed by atoms with van der Waals surface area (Å²) >= 11 is 0. The lowest BCUT2D eigenvalue weighted by molar-refractivity contribution is 0.0927. The largest absolute Gasteiger partial charge is 0.459 e. The summed E-state index contributed by atoms with van der Waals surface area (Å²) in [5.41, 5.74) is 4.93. The Kier molecular flexibility index (Phi) is 4.06. The first-order valence-corrected chi connectivity index (χ1v) is 6.72. The monoisotopic (exact) mass is 291 g/mol. The van der Waals surface area contributed by atoms with Gasteiger partial charge in [0, 0.05) is 23.5 Å². The first-order chi connectivity index (χ1) is 10.8. The van der Waals surface area contributed by atoms with Crippen LogP contribution in [0.4, 0.5) is 0 Å². The fraction of sp³-hybridized carbons (Fsp3) is 0.